The van der Waals surface area contributed by atoms with Crippen LogP contribution in [0.2, 0.25) is 0 Å². The Balaban J connectivity index is 2.23. The van der Waals surface area contributed by atoms with Gasteiger partial charge >= 0.3 is 5.97 Å². The summed E-state index contributed by atoms with van der Waals surface area (Å²) in [4.78, 5) is 23.6. The average molecular weight is 326 g/mol. The van der Waals surface area contributed by atoms with Crippen molar-refractivity contribution in [3.8, 4) is 5.75 Å². The molecule has 0 saturated heterocycles. The molecule has 0 unspecified atom stereocenters. The Morgan fingerprint density at radius 3 is 2.38 bits per heavy atom. The quantitative estimate of drug-likeness (QED) is 0.460. The van der Waals surface area contributed by atoms with Gasteiger partial charge in [0.25, 0.3) is 5.78 Å². The third-order valence-electron chi connectivity index (χ3n) is 4.03. The predicted molar refractivity (Wildman–Crippen MR) is 92.4 cm³/mol. The van der Waals surface area contributed by atoms with Crippen molar-refractivity contribution in [2.24, 2.45) is 0 Å². The first-order chi connectivity index (χ1) is 11.5. The van der Waals surface area contributed by atoms with E-state index in [9.17, 15) is 9.59 Å². The SMILES string of the molecule is CCc1cc(C)c(OCc2ccccc2C(=O)C(=O)OC)cc1C. The summed E-state index contributed by atoms with van der Waals surface area (Å²) in [5, 5.41) is 0. The third kappa shape index (κ3) is 3.82. The van der Waals surface area contributed by atoms with Gasteiger partial charge in [-0.2, -0.15) is 0 Å². The summed E-state index contributed by atoms with van der Waals surface area (Å²) in [7, 11) is 1.20. The van der Waals surface area contributed by atoms with Crippen molar-refractivity contribution in [1.29, 1.82) is 0 Å². The number of methoxy groups -OCH3 is 1. The van der Waals surface area contributed by atoms with E-state index in [-0.39, 0.29) is 6.61 Å². The predicted octanol–water partition coefficient (Wildman–Crippen LogP) is 3.80. The van der Waals surface area contributed by atoms with Crippen LogP contribution in [0.1, 0.15) is 39.5 Å². The van der Waals surface area contributed by atoms with Crippen molar-refractivity contribution < 1.29 is 19.1 Å². The molecule has 0 radical (unpaired) electrons. The zero-order valence-corrected chi connectivity index (χ0v) is 14.5. The minimum atomic E-state index is -0.873. The summed E-state index contributed by atoms with van der Waals surface area (Å²) in [5.41, 5.74) is 4.49. The molecule has 2 aromatic carbocycles. The summed E-state index contributed by atoms with van der Waals surface area (Å²) < 4.78 is 10.4. The van der Waals surface area contributed by atoms with E-state index >= 15 is 0 Å². The van der Waals surface area contributed by atoms with Gasteiger partial charge in [0, 0.05) is 11.1 Å². The monoisotopic (exact) mass is 326 g/mol. The molecular weight excluding hydrogens is 304 g/mol. The third-order valence-corrected chi connectivity index (χ3v) is 4.03. The van der Waals surface area contributed by atoms with E-state index in [1.165, 1.54) is 18.2 Å². The largest absolute Gasteiger partial charge is 0.489 e. The lowest BCUT2D eigenvalue weighted by atomic mass is 10.0. The summed E-state index contributed by atoms with van der Waals surface area (Å²) in [5.74, 6) is -0.752. The lowest BCUT2D eigenvalue weighted by Gasteiger charge is -2.14. The van der Waals surface area contributed by atoms with Gasteiger partial charge in [-0.1, -0.05) is 37.3 Å². The molecule has 0 saturated carbocycles. The van der Waals surface area contributed by atoms with E-state index in [1.807, 2.05) is 19.1 Å². The minimum Gasteiger partial charge on any atom is -0.489 e. The molecule has 0 heterocycles. The maximum absolute atomic E-state index is 12.1. The molecule has 4 nitrogen and oxygen atoms in total. The van der Waals surface area contributed by atoms with Gasteiger partial charge in [0.15, 0.2) is 0 Å². The fraction of sp³-hybridized carbons (Fsp3) is 0.300. The van der Waals surface area contributed by atoms with Crippen LogP contribution in [-0.4, -0.2) is 18.9 Å². The standard InChI is InChI=1S/C20H22O4/c1-5-15-10-14(3)18(11-13(15)2)24-12-16-8-6-7-9-17(16)19(21)20(22)23-4/h6-11H,5,12H2,1-4H3. The van der Waals surface area contributed by atoms with Gasteiger partial charge in [-0.3, -0.25) is 4.79 Å². The van der Waals surface area contributed by atoms with Crippen molar-refractivity contribution in [2.45, 2.75) is 33.8 Å². The lowest BCUT2D eigenvalue weighted by molar-refractivity contribution is -0.135. The maximum Gasteiger partial charge on any atom is 0.379 e. The van der Waals surface area contributed by atoms with Gasteiger partial charge in [0.2, 0.25) is 0 Å². The zero-order valence-electron chi connectivity index (χ0n) is 14.5. The van der Waals surface area contributed by atoms with Crippen molar-refractivity contribution in [1.82, 2.24) is 0 Å². The van der Waals surface area contributed by atoms with Gasteiger partial charge < -0.3 is 9.47 Å². The fourth-order valence-electron chi connectivity index (χ4n) is 2.61. The number of carbonyl (C=O) groups is 2. The van der Waals surface area contributed by atoms with Crippen LogP contribution < -0.4 is 4.74 Å². The van der Waals surface area contributed by atoms with Gasteiger partial charge in [-0.05, 0) is 43.0 Å². The van der Waals surface area contributed by atoms with E-state index in [0.717, 1.165) is 17.7 Å². The van der Waals surface area contributed by atoms with E-state index in [2.05, 4.69) is 24.7 Å². The van der Waals surface area contributed by atoms with E-state index < -0.39 is 11.8 Å². The number of benzene rings is 2. The van der Waals surface area contributed by atoms with Gasteiger partial charge in [0.1, 0.15) is 12.4 Å². The van der Waals surface area contributed by atoms with Crippen molar-refractivity contribution in [2.75, 3.05) is 7.11 Å². The van der Waals surface area contributed by atoms with E-state index in [0.29, 0.717) is 11.1 Å². The topological polar surface area (TPSA) is 52.6 Å². The number of aryl methyl sites for hydroxylation is 3. The smallest absolute Gasteiger partial charge is 0.379 e. The molecule has 0 aliphatic heterocycles. The van der Waals surface area contributed by atoms with Crippen LogP contribution in [0, 0.1) is 13.8 Å². The average Bonchev–Trinajstić information content (AvgIpc) is 2.60. The normalized spacial score (nSPS) is 10.3. The Kier molecular flexibility index (Phi) is 5.74. The molecule has 0 atom stereocenters. The molecule has 0 spiro atoms. The summed E-state index contributed by atoms with van der Waals surface area (Å²) in [6.07, 6.45) is 0.976. The van der Waals surface area contributed by atoms with Gasteiger partial charge in [-0.25, -0.2) is 4.79 Å². The molecule has 0 fully saturated rings. The second-order valence-corrected chi connectivity index (χ2v) is 5.66. The number of Topliss-reactive ketones (excluding diaryl/α,β-unsaturated/α-hetero) is 1. The van der Waals surface area contributed by atoms with E-state index in [1.54, 1.807) is 18.2 Å². The summed E-state index contributed by atoms with van der Waals surface area (Å²) in [6.45, 7) is 6.39. The molecule has 0 bridgehead atoms. The van der Waals surface area contributed by atoms with Gasteiger partial charge in [-0.15, -0.1) is 0 Å². The van der Waals surface area contributed by atoms with Crippen LogP contribution in [0.5, 0.6) is 5.75 Å². The first-order valence-electron chi connectivity index (χ1n) is 7.91. The van der Waals surface area contributed by atoms with Gasteiger partial charge in [0.05, 0.1) is 7.11 Å². The number of hydrogen-bond acceptors (Lipinski definition) is 4. The van der Waals surface area contributed by atoms with Crippen LogP contribution in [0.4, 0.5) is 0 Å². The number of hydrogen-bond donors (Lipinski definition) is 0. The molecular formula is C20H22O4. The first-order valence-corrected chi connectivity index (χ1v) is 7.91. The Hall–Kier alpha value is -2.62. The number of esters is 1. The Labute approximate surface area is 142 Å². The number of ether oxygens (including phenoxy) is 2. The molecule has 2 rings (SSSR count). The number of rotatable bonds is 6. The molecule has 0 aromatic heterocycles. The van der Waals surface area contributed by atoms with Crippen molar-refractivity contribution in [3.63, 3.8) is 0 Å². The van der Waals surface area contributed by atoms with Crippen LogP contribution in [0.3, 0.4) is 0 Å². The maximum atomic E-state index is 12.1. The Bertz CT molecular complexity index is 762. The highest BCUT2D eigenvalue weighted by molar-refractivity contribution is 6.40. The minimum absolute atomic E-state index is 0.213. The van der Waals surface area contributed by atoms with Crippen LogP contribution in [-0.2, 0) is 22.6 Å². The highest BCUT2D eigenvalue weighted by Crippen LogP contribution is 2.24. The molecule has 24 heavy (non-hydrogen) atoms. The molecule has 4 heteroatoms. The highest BCUT2D eigenvalue weighted by atomic mass is 16.5. The molecule has 0 aliphatic rings. The highest BCUT2D eigenvalue weighted by Gasteiger charge is 2.20. The number of ketones is 1. The molecule has 0 amide bonds. The van der Waals surface area contributed by atoms with Crippen LogP contribution in [0.25, 0.3) is 0 Å². The number of carbonyl (C=O) groups excluding carboxylic acids is 2. The molecule has 0 aliphatic carbocycles. The van der Waals surface area contributed by atoms with E-state index in [4.69, 9.17) is 4.74 Å². The first kappa shape index (κ1) is 17.7. The summed E-state index contributed by atoms with van der Waals surface area (Å²) >= 11 is 0. The fourth-order valence-corrected chi connectivity index (χ4v) is 2.61. The van der Waals surface area contributed by atoms with Crippen molar-refractivity contribution >= 4 is 11.8 Å². The van der Waals surface area contributed by atoms with Crippen LogP contribution in [0.15, 0.2) is 36.4 Å². The Morgan fingerprint density at radius 2 is 1.71 bits per heavy atom. The second kappa shape index (κ2) is 7.77. The molecule has 126 valence electrons. The Morgan fingerprint density at radius 1 is 1.00 bits per heavy atom. The van der Waals surface area contributed by atoms with Crippen LogP contribution >= 0.6 is 0 Å². The summed E-state index contributed by atoms with van der Waals surface area (Å²) in [6, 6.07) is 11.0. The molecule has 0 N–H and O–H groups in total. The zero-order chi connectivity index (χ0) is 17.7. The molecule has 2 aromatic rings. The van der Waals surface area contributed by atoms with Crippen molar-refractivity contribution in [3.05, 3.63) is 64.2 Å². The second-order valence-electron chi connectivity index (χ2n) is 5.66. The lowest BCUT2D eigenvalue weighted by Crippen LogP contribution is -2.18.